The maximum absolute atomic E-state index is 4.73. The summed E-state index contributed by atoms with van der Waals surface area (Å²) in [5.74, 6) is 2.87. The summed E-state index contributed by atoms with van der Waals surface area (Å²) in [4.78, 5) is 11.5. The Morgan fingerprint density at radius 3 is 2.39 bits per heavy atom. The van der Waals surface area contributed by atoms with Crippen LogP contribution in [0.2, 0.25) is 0 Å². The molecule has 0 saturated heterocycles. The lowest BCUT2D eigenvalue weighted by Crippen LogP contribution is -2.29. The third kappa shape index (κ3) is 3.19. The molecule has 98 valence electrons. The van der Waals surface area contributed by atoms with Gasteiger partial charge in [0.2, 0.25) is 0 Å². The van der Waals surface area contributed by atoms with Crippen LogP contribution in [-0.2, 0) is 6.54 Å². The Morgan fingerprint density at radius 1 is 1.17 bits per heavy atom. The average Bonchev–Trinajstić information content (AvgIpc) is 3.24. The summed E-state index contributed by atoms with van der Waals surface area (Å²) in [5, 5.41) is 3.14. The van der Waals surface area contributed by atoms with Gasteiger partial charge in [-0.05, 0) is 44.6 Å². The smallest absolute Gasteiger partial charge is 0.147 e. The Bertz CT molecular complexity index is 385. The van der Waals surface area contributed by atoms with Crippen molar-refractivity contribution < 1.29 is 0 Å². The molecule has 18 heavy (non-hydrogen) atoms. The topological polar surface area (TPSA) is 41.1 Å². The van der Waals surface area contributed by atoms with Crippen LogP contribution in [0.4, 0.5) is 5.82 Å². The summed E-state index contributed by atoms with van der Waals surface area (Å²) in [6.07, 6.45) is 9.35. The van der Waals surface area contributed by atoms with E-state index in [2.05, 4.69) is 15.2 Å². The highest BCUT2D eigenvalue weighted by molar-refractivity contribution is 5.37. The van der Waals surface area contributed by atoms with Gasteiger partial charge in [0.15, 0.2) is 0 Å². The summed E-state index contributed by atoms with van der Waals surface area (Å²) in [6.45, 7) is 3.14. The molecular weight excluding hydrogens is 224 g/mol. The molecule has 0 unspecified atom stereocenters. The van der Waals surface area contributed by atoms with Crippen molar-refractivity contribution in [2.24, 2.45) is 11.8 Å². The lowest BCUT2D eigenvalue weighted by atomic mass is 10.3. The molecule has 0 aliphatic heterocycles. The van der Waals surface area contributed by atoms with Crippen LogP contribution in [0.1, 0.15) is 31.4 Å². The van der Waals surface area contributed by atoms with Gasteiger partial charge < -0.3 is 10.2 Å². The molecule has 2 aliphatic rings. The highest BCUT2D eigenvalue weighted by atomic mass is 15.2. The largest absolute Gasteiger partial charge is 0.355 e. The van der Waals surface area contributed by atoms with Crippen molar-refractivity contribution in [2.45, 2.75) is 32.2 Å². The molecule has 4 heteroatoms. The van der Waals surface area contributed by atoms with Gasteiger partial charge in [0.1, 0.15) is 5.82 Å². The third-order valence-electron chi connectivity index (χ3n) is 3.70. The maximum atomic E-state index is 4.73. The first-order chi connectivity index (χ1) is 8.85. The zero-order chi connectivity index (χ0) is 12.4. The molecule has 0 bridgehead atoms. The highest BCUT2D eigenvalue weighted by Gasteiger charge is 2.29. The minimum absolute atomic E-state index is 0.793. The monoisotopic (exact) mass is 246 g/mol. The van der Waals surface area contributed by atoms with Crippen LogP contribution in [0.25, 0.3) is 0 Å². The van der Waals surface area contributed by atoms with Crippen LogP contribution in [0.15, 0.2) is 12.4 Å². The molecule has 2 saturated carbocycles. The van der Waals surface area contributed by atoms with E-state index in [1.54, 1.807) is 0 Å². The van der Waals surface area contributed by atoms with E-state index in [1.807, 2.05) is 19.4 Å². The van der Waals surface area contributed by atoms with E-state index < -0.39 is 0 Å². The zero-order valence-electron chi connectivity index (χ0n) is 11.1. The molecule has 2 aliphatic carbocycles. The van der Waals surface area contributed by atoms with E-state index in [1.165, 1.54) is 38.8 Å². The summed E-state index contributed by atoms with van der Waals surface area (Å²) < 4.78 is 0. The van der Waals surface area contributed by atoms with Crippen LogP contribution >= 0.6 is 0 Å². The first kappa shape index (κ1) is 11.9. The van der Waals surface area contributed by atoms with Crippen molar-refractivity contribution in [3.8, 4) is 0 Å². The Balaban J connectivity index is 1.71. The van der Waals surface area contributed by atoms with Crippen molar-refractivity contribution >= 4 is 5.82 Å². The fourth-order valence-electron chi connectivity index (χ4n) is 2.30. The zero-order valence-corrected chi connectivity index (χ0v) is 11.1. The van der Waals surface area contributed by atoms with Gasteiger partial charge in [0.25, 0.3) is 0 Å². The number of rotatable bonds is 7. The molecule has 4 nitrogen and oxygen atoms in total. The standard InChI is InChI=1S/C14H22N4/c1-15-6-13-7-16-8-14(17-13)18(9-11-2-3-11)10-12-4-5-12/h7-8,11-12,15H,2-6,9-10H2,1H3. The second-order valence-electron chi connectivity index (χ2n) is 5.69. The van der Waals surface area contributed by atoms with Crippen LogP contribution < -0.4 is 10.2 Å². The van der Waals surface area contributed by atoms with Crippen LogP contribution in [0.3, 0.4) is 0 Å². The maximum Gasteiger partial charge on any atom is 0.147 e. The van der Waals surface area contributed by atoms with Crippen molar-refractivity contribution in [1.29, 1.82) is 0 Å². The van der Waals surface area contributed by atoms with Gasteiger partial charge in [0.05, 0.1) is 11.9 Å². The number of hydrogen-bond acceptors (Lipinski definition) is 4. The number of aromatic nitrogens is 2. The molecule has 0 spiro atoms. The average molecular weight is 246 g/mol. The minimum atomic E-state index is 0.793. The quantitative estimate of drug-likeness (QED) is 0.797. The van der Waals surface area contributed by atoms with Crippen molar-refractivity contribution in [3.63, 3.8) is 0 Å². The molecule has 1 aromatic heterocycles. The van der Waals surface area contributed by atoms with E-state index in [9.17, 15) is 0 Å². The van der Waals surface area contributed by atoms with Crippen molar-refractivity contribution in [3.05, 3.63) is 18.1 Å². The molecule has 0 atom stereocenters. The van der Waals surface area contributed by atoms with E-state index in [4.69, 9.17) is 4.98 Å². The van der Waals surface area contributed by atoms with Gasteiger partial charge in [-0.3, -0.25) is 4.98 Å². The summed E-state index contributed by atoms with van der Waals surface area (Å²) in [7, 11) is 1.94. The van der Waals surface area contributed by atoms with Crippen molar-refractivity contribution in [1.82, 2.24) is 15.3 Å². The lowest BCUT2D eigenvalue weighted by molar-refractivity contribution is 0.665. The van der Waals surface area contributed by atoms with Crippen molar-refractivity contribution in [2.75, 3.05) is 25.0 Å². The predicted octanol–water partition coefficient (Wildman–Crippen LogP) is 1.82. The van der Waals surface area contributed by atoms with E-state index in [-0.39, 0.29) is 0 Å². The number of nitrogens with one attached hydrogen (secondary N) is 1. The van der Waals surface area contributed by atoms with E-state index >= 15 is 0 Å². The molecule has 1 heterocycles. The third-order valence-corrected chi connectivity index (χ3v) is 3.70. The Morgan fingerprint density at radius 2 is 1.83 bits per heavy atom. The first-order valence-electron chi connectivity index (χ1n) is 7.05. The number of nitrogens with zero attached hydrogens (tertiary/aromatic N) is 3. The van der Waals surface area contributed by atoms with Crippen LogP contribution in [0.5, 0.6) is 0 Å². The van der Waals surface area contributed by atoms with Gasteiger partial charge >= 0.3 is 0 Å². The van der Waals surface area contributed by atoms with Gasteiger partial charge in [0, 0.05) is 25.8 Å². The Hall–Kier alpha value is -1.16. The molecule has 3 rings (SSSR count). The van der Waals surface area contributed by atoms with Gasteiger partial charge in [-0.15, -0.1) is 0 Å². The molecular formula is C14H22N4. The second-order valence-corrected chi connectivity index (χ2v) is 5.69. The number of anilines is 1. The molecule has 0 amide bonds. The summed E-state index contributed by atoms with van der Waals surface area (Å²) in [6, 6.07) is 0. The number of hydrogen-bond donors (Lipinski definition) is 1. The fraction of sp³-hybridized carbons (Fsp3) is 0.714. The second kappa shape index (κ2) is 5.22. The first-order valence-corrected chi connectivity index (χ1v) is 7.05. The molecule has 1 N–H and O–H groups in total. The molecule has 0 radical (unpaired) electrons. The lowest BCUT2D eigenvalue weighted by Gasteiger charge is -2.23. The predicted molar refractivity (Wildman–Crippen MR) is 72.5 cm³/mol. The fourth-order valence-corrected chi connectivity index (χ4v) is 2.30. The van der Waals surface area contributed by atoms with Gasteiger partial charge in [-0.2, -0.15) is 0 Å². The van der Waals surface area contributed by atoms with Crippen LogP contribution in [0, 0.1) is 11.8 Å². The SMILES string of the molecule is CNCc1cncc(N(CC2CC2)CC2CC2)n1. The Labute approximate surface area is 109 Å². The Kier molecular flexibility index (Phi) is 3.46. The minimum Gasteiger partial charge on any atom is -0.355 e. The van der Waals surface area contributed by atoms with Gasteiger partial charge in [-0.1, -0.05) is 0 Å². The molecule has 2 fully saturated rings. The van der Waals surface area contributed by atoms with Gasteiger partial charge in [-0.25, -0.2) is 4.98 Å². The molecule has 1 aromatic rings. The molecule has 0 aromatic carbocycles. The van der Waals surface area contributed by atoms with Crippen LogP contribution in [-0.4, -0.2) is 30.1 Å². The highest BCUT2D eigenvalue weighted by Crippen LogP contribution is 2.35. The van der Waals surface area contributed by atoms with E-state index in [0.717, 1.165) is 29.9 Å². The normalized spacial score (nSPS) is 18.9. The summed E-state index contributed by atoms with van der Waals surface area (Å²) in [5.41, 5.74) is 1.03. The van der Waals surface area contributed by atoms with E-state index in [0.29, 0.717) is 0 Å². The summed E-state index contributed by atoms with van der Waals surface area (Å²) >= 11 is 0.